The number of nitrogen functional groups attached to an aromatic ring is 1. The maximum atomic E-state index is 12.1. The third-order valence-corrected chi connectivity index (χ3v) is 1.48. The van der Waals surface area contributed by atoms with Crippen LogP contribution in [0.25, 0.3) is 0 Å². The fourth-order valence-corrected chi connectivity index (χ4v) is 0.844. The lowest BCUT2D eigenvalue weighted by molar-refractivity contribution is -0.141. The zero-order valence-corrected chi connectivity index (χ0v) is 6.81. The molecule has 0 fully saturated rings. The van der Waals surface area contributed by atoms with Crippen molar-refractivity contribution in [2.24, 2.45) is 0 Å². The Hall–Kier alpha value is -1.46. The van der Waals surface area contributed by atoms with Crippen molar-refractivity contribution in [3.63, 3.8) is 0 Å². The van der Waals surface area contributed by atoms with E-state index in [4.69, 9.17) is 5.73 Å². The van der Waals surface area contributed by atoms with Gasteiger partial charge in [0.1, 0.15) is 11.5 Å². The molecule has 0 aromatic carbocycles. The quantitative estimate of drug-likeness (QED) is 0.710. The molecule has 0 saturated heterocycles. The molecule has 0 atom stereocenters. The third kappa shape index (κ3) is 2.01. The SMILES string of the molecule is CNc1ccc(C(F)(F)F)nc1N. The summed E-state index contributed by atoms with van der Waals surface area (Å²) in [5.41, 5.74) is 4.65. The third-order valence-electron chi connectivity index (χ3n) is 1.48. The fraction of sp³-hybridized carbons (Fsp3) is 0.286. The van der Waals surface area contributed by atoms with Gasteiger partial charge in [0.15, 0.2) is 0 Å². The van der Waals surface area contributed by atoms with Crippen molar-refractivity contribution in [3.05, 3.63) is 17.8 Å². The summed E-state index contributed by atoms with van der Waals surface area (Å²) < 4.78 is 36.2. The highest BCUT2D eigenvalue weighted by atomic mass is 19.4. The van der Waals surface area contributed by atoms with Crippen molar-refractivity contribution in [1.29, 1.82) is 0 Å². The molecule has 3 nitrogen and oxygen atoms in total. The van der Waals surface area contributed by atoms with Crippen molar-refractivity contribution < 1.29 is 13.2 Å². The number of anilines is 2. The molecular formula is C7H8F3N3. The highest BCUT2D eigenvalue weighted by Gasteiger charge is 2.32. The van der Waals surface area contributed by atoms with Crippen LogP contribution in [0.4, 0.5) is 24.7 Å². The molecule has 0 amide bonds. The molecule has 3 N–H and O–H groups in total. The Morgan fingerprint density at radius 1 is 1.38 bits per heavy atom. The number of nitrogens with zero attached hydrogens (tertiary/aromatic N) is 1. The number of hydrogen-bond donors (Lipinski definition) is 2. The molecule has 13 heavy (non-hydrogen) atoms. The van der Waals surface area contributed by atoms with Gasteiger partial charge in [-0.3, -0.25) is 0 Å². The van der Waals surface area contributed by atoms with Crippen LogP contribution in [-0.2, 0) is 6.18 Å². The zero-order valence-electron chi connectivity index (χ0n) is 6.81. The largest absolute Gasteiger partial charge is 0.433 e. The van der Waals surface area contributed by atoms with Crippen molar-refractivity contribution in [3.8, 4) is 0 Å². The number of pyridine rings is 1. The van der Waals surface area contributed by atoms with Crippen LogP contribution in [0.15, 0.2) is 12.1 Å². The average molecular weight is 191 g/mol. The number of alkyl halides is 3. The number of nitrogens with one attached hydrogen (secondary N) is 1. The number of hydrogen-bond acceptors (Lipinski definition) is 3. The molecule has 0 unspecified atom stereocenters. The minimum Gasteiger partial charge on any atom is -0.385 e. The van der Waals surface area contributed by atoms with Gasteiger partial charge >= 0.3 is 6.18 Å². The topological polar surface area (TPSA) is 50.9 Å². The van der Waals surface area contributed by atoms with Gasteiger partial charge in [-0.1, -0.05) is 0 Å². The molecule has 1 heterocycles. The zero-order chi connectivity index (χ0) is 10.1. The molecule has 72 valence electrons. The van der Waals surface area contributed by atoms with E-state index in [2.05, 4.69) is 10.3 Å². The Morgan fingerprint density at radius 2 is 2.00 bits per heavy atom. The Labute approximate surface area is 72.8 Å². The molecule has 1 aromatic heterocycles. The monoisotopic (exact) mass is 191 g/mol. The van der Waals surface area contributed by atoms with Crippen molar-refractivity contribution >= 4 is 11.5 Å². The number of nitrogens with two attached hydrogens (primary N) is 1. The normalized spacial score (nSPS) is 11.4. The summed E-state index contributed by atoms with van der Waals surface area (Å²) in [5.74, 6) is -0.155. The minimum atomic E-state index is -4.44. The first-order valence-corrected chi connectivity index (χ1v) is 3.46. The second kappa shape index (κ2) is 3.12. The van der Waals surface area contributed by atoms with Crippen LogP contribution in [-0.4, -0.2) is 12.0 Å². The molecule has 6 heteroatoms. The molecule has 0 radical (unpaired) electrons. The average Bonchev–Trinajstić information content (AvgIpc) is 2.02. The first-order chi connectivity index (χ1) is 5.95. The van der Waals surface area contributed by atoms with E-state index in [0.717, 1.165) is 6.07 Å². The second-order valence-corrected chi connectivity index (χ2v) is 2.38. The Balaban J connectivity index is 3.10. The van der Waals surface area contributed by atoms with E-state index in [1.165, 1.54) is 6.07 Å². The Kier molecular flexibility index (Phi) is 2.31. The van der Waals surface area contributed by atoms with Gasteiger partial charge in [-0.2, -0.15) is 13.2 Å². The predicted octanol–water partition coefficient (Wildman–Crippen LogP) is 1.72. The van der Waals surface area contributed by atoms with E-state index >= 15 is 0 Å². The van der Waals surface area contributed by atoms with E-state index in [-0.39, 0.29) is 5.82 Å². The van der Waals surface area contributed by atoms with Crippen LogP contribution in [0.3, 0.4) is 0 Å². The van der Waals surface area contributed by atoms with Crippen LogP contribution in [0, 0.1) is 0 Å². The first kappa shape index (κ1) is 9.63. The molecule has 0 saturated carbocycles. The van der Waals surface area contributed by atoms with Crippen LogP contribution >= 0.6 is 0 Å². The summed E-state index contributed by atoms with van der Waals surface area (Å²) in [4.78, 5) is 3.21. The van der Waals surface area contributed by atoms with Crippen LogP contribution in [0.1, 0.15) is 5.69 Å². The minimum absolute atomic E-state index is 0.155. The highest BCUT2D eigenvalue weighted by Crippen LogP contribution is 2.29. The van der Waals surface area contributed by atoms with E-state index in [1.54, 1.807) is 7.05 Å². The van der Waals surface area contributed by atoms with Gasteiger partial charge in [0.25, 0.3) is 0 Å². The van der Waals surface area contributed by atoms with Crippen molar-refractivity contribution in [2.75, 3.05) is 18.1 Å². The molecule has 0 spiro atoms. The van der Waals surface area contributed by atoms with Crippen LogP contribution in [0.2, 0.25) is 0 Å². The van der Waals surface area contributed by atoms with Gasteiger partial charge < -0.3 is 11.1 Å². The van der Waals surface area contributed by atoms with E-state index < -0.39 is 11.9 Å². The molecule has 0 bridgehead atoms. The van der Waals surface area contributed by atoms with Gasteiger partial charge in [-0.05, 0) is 12.1 Å². The molecule has 1 rings (SSSR count). The second-order valence-electron chi connectivity index (χ2n) is 2.38. The summed E-state index contributed by atoms with van der Waals surface area (Å²) >= 11 is 0. The van der Waals surface area contributed by atoms with Gasteiger partial charge in [-0.25, -0.2) is 4.98 Å². The van der Waals surface area contributed by atoms with Crippen LogP contribution < -0.4 is 11.1 Å². The van der Waals surface area contributed by atoms with Gasteiger partial charge in [0.05, 0.1) is 5.69 Å². The molecular weight excluding hydrogens is 183 g/mol. The van der Waals surface area contributed by atoms with Crippen LogP contribution in [0.5, 0.6) is 0 Å². The van der Waals surface area contributed by atoms with Crippen molar-refractivity contribution in [1.82, 2.24) is 4.98 Å². The summed E-state index contributed by atoms with van der Waals surface area (Å²) in [6, 6.07) is 2.12. The standard InChI is InChI=1S/C7H8F3N3/c1-12-4-2-3-5(7(8,9)10)13-6(4)11/h2-3,12H,1H3,(H2,11,13). The lowest BCUT2D eigenvalue weighted by Gasteiger charge is -2.08. The van der Waals surface area contributed by atoms with E-state index in [1.807, 2.05) is 0 Å². The smallest absolute Gasteiger partial charge is 0.385 e. The van der Waals surface area contributed by atoms with E-state index in [9.17, 15) is 13.2 Å². The first-order valence-electron chi connectivity index (χ1n) is 3.46. The van der Waals surface area contributed by atoms with Gasteiger partial charge in [0.2, 0.25) is 0 Å². The fourth-order valence-electron chi connectivity index (χ4n) is 0.844. The molecule has 1 aromatic rings. The number of aromatic nitrogens is 1. The molecule has 0 aliphatic heterocycles. The lowest BCUT2D eigenvalue weighted by Crippen LogP contribution is -2.10. The van der Waals surface area contributed by atoms with Crippen molar-refractivity contribution in [2.45, 2.75) is 6.18 Å². The maximum absolute atomic E-state index is 12.1. The summed E-state index contributed by atoms with van der Waals surface area (Å²) in [6.45, 7) is 0. The number of halogens is 3. The Bertz CT molecular complexity index is 308. The summed E-state index contributed by atoms with van der Waals surface area (Å²) in [6.07, 6.45) is -4.44. The van der Waals surface area contributed by atoms with Gasteiger partial charge in [0, 0.05) is 7.05 Å². The van der Waals surface area contributed by atoms with Gasteiger partial charge in [-0.15, -0.1) is 0 Å². The highest BCUT2D eigenvalue weighted by molar-refractivity contribution is 5.61. The number of rotatable bonds is 1. The maximum Gasteiger partial charge on any atom is 0.433 e. The lowest BCUT2D eigenvalue weighted by atomic mass is 10.3. The molecule has 0 aliphatic rings. The summed E-state index contributed by atoms with van der Waals surface area (Å²) in [7, 11) is 1.56. The summed E-state index contributed by atoms with van der Waals surface area (Å²) in [5, 5.41) is 2.62. The Morgan fingerprint density at radius 3 is 2.38 bits per heavy atom. The molecule has 0 aliphatic carbocycles. The predicted molar refractivity (Wildman–Crippen MR) is 43.2 cm³/mol. The van der Waals surface area contributed by atoms with E-state index in [0.29, 0.717) is 5.69 Å².